The number of rotatable bonds is 16. The van der Waals surface area contributed by atoms with Gasteiger partial charge in [-0.3, -0.25) is 0 Å². The van der Waals surface area contributed by atoms with Crippen molar-refractivity contribution in [1.29, 1.82) is 0 Å². The molecule has 1 heterocycles. The van der Waals surface area contributed by atoms with E-state index in [-0.39, 0.29) is 0 Å². The average Bonchev–Trinajstić information content (AvgIpc) is 3.07. The van der Waals surface area contributed by atoms with Crippen LogP contribution in [0.15, 0.2) is 24.5 Å². The molecule has 0 aromatic carbocycles. The Kier molecular flexibility index (Phi) is 13.3. The lowest BCUT2D eigenvalue weighted by Crippen LogP contribution is -2.07. The number of nitrogens with zero attached hydrogens (tertiary/aromatic N) is 2. The lowest BCUT2D eigenvalue weighted by molar-refractivity contribution is 0.121. The van der Waals surface area contributed by atoms with Crippen LogP contribution in [-0.2, 0) is 6.42 Å². The van der Waals surface area contributed by atoms with Crippen molar-refractivity contribution >= 4 is 0 Å². The van der Waals surface area contributed by atoms with Gasteiger partial charge in [-0.15, -0.1) is 0 Å². The summed E-state index contributed by atoms with van der Waals surface area (Å²) in [5.74, 6) is 1.01. The van der Waals surface area contributed by atoms with Gasteiger partial charge in [0.2, 0.25) is 0 Å². The molecule has 144 valence electrons. The highest BCUT2D eigenvalue weighted by molar-refractivity contribution is 4.93. The monoisotopic (exact) mass is 348 g/mol. The van der Waals surface area contributed by atoms with Crippen LogP contribution >= 0.6 is 0 Å². The van der Waals surface area contributed by atoms with Gasteiger partial charge in [0.05, 0.1) is 0 Å². The molecular weight excluding hydrogens is 308 g/mol. The summed E-state index contributed by atoms with van der Waals surface area (Å²) in [5, 5.41) is 9.64. The number of aliphatic hydroxyl groups is 1. The number of hydrogen-bond donors (Lipinski definition) is 1. The van der Waals surface area contributed by atoms with E-state index in [1.807, 2.05) is 10.8 Å². The molecular formula is C22H40N2O. The van der Waals surface area contributed by atoms with Gasteiger partial charge in [0.15, 0.2) is 0 Å². The molecule has 1 aromatic heterocycles. The minimum absolute atomic E-state index is 0.472. The Hall–Kier alpha value is -1.09. The molecule has 0 aliphatic rings. The normalized spacial score (nSPS) is 12.9. The van der Waals surface area contributed by atoms with E-state index in [1.165, 1.54) is 77.0 Å². The number of unbranched alkanes of at least 4 members (excludes halogenated alkanes) is 11. The summed E-state index contributed by atoms with van der Waals surface area (Å²) in [4.78, 5) is 4.33. The zero-order valence-electron chi connectivity index (χ0n) is 16.6. The Bertz CT molecular complexity index is 437. The largest absolute Gasteiger partial charge is 0.374 e. The van der Waals surface area contributed by atoms with E-state index >= 15 is 0 Å². The molecule has 3 heteroatoms. The number of aryl methyl sites for hydroxylation is 1. The number of aliphatic hydroxyl groups excluding tert-OH is 1. The van der Waals surface area contributed by atoms with Crippen LogP contribution in [0.1, 0.15) is 109 Å². The van der Waals surface area contributed by atoms with E-state index in [0.29, 0.717) is 0 Å². The maximum atomic E-state index is 9.64. The lowest BCUT2D eigenvalue weighted by atomic mass is 10.1. The maximum absolute atomic E-state index is 9.64. The minimum atomic E-state index is -0.472. The molecule has 0 saturated carbocycles. The number of imidazole rings is 1. The van der Waals surface area contributed by atoms with Crippen LogP contribution in [0, 0.1) is 0 Å². The van der Waals surface area contributed by atoms with Crippen molar-refractivity contribution < 1.29 is 5.11 Å². The first-order valence-corrected chi connectivity index (χ1v) is 10.6. The van der Waals surface area contributed by atoms with Crippen LogP contribution < -0.4 is 0 Å². The van der Waals surface area contributed by atoms with E-state index in [1.54, 1.807) is 13.1 Å². The quantitative estimate of drug-likeness (QED) is 0.270. The summed E-state index contributed by atoms with van der Waals surface area (Å²) in [6, 6.07) is 0. The van der Waals surface area contributed by atoms with Gasteiger partial charge < -0.3 is 9.67 Å². The van der Waals surface area contributed by atoms with Gasteiger partial charge in [-0.25, -0.2) is 4.98 Å². The van der Waals surface area contributed by atoms with E-state index in [0.717, 1.165) is 18.7 Å². The van der Waals surface area contributed by atoms with Crippen molar-refractivity contribution in [1.82, 2.24) is 9.55 Å². The summed E-state index contributed by atoms with van der Waals surface area (Å²) in [5.41, 5.74) is 0. The highest BCUT2D eigenvalue weighted by Gasteiger charge is 2.05. The summed E-state index contributed by atoms with van der Waals surface area (Å²) in [6.45, 7) is 4.06. The third-order valence-corrected chi connectivity index (χ3v) is 4.81. The molecule has 3 nitrogen and oxygen atoms in total. The van der Waals surface area contributed by atoms with Crippen LogP contribution in [0.3, 0.4) is 0 Å². The number of hydrogen-bond acceptors (Lipinski definition) is 2. The van der Waals surface area contributed by atoms with Gasteiger partial charge >= 0.3 is 0 Å². The van der Waals surface area contributed by atoms with Gasteiger partial charge in [0.1, 0.15) is 12.1 Å². The Morgan fingerprint density at radius 3 is 2.08 bits per heavy atom. The van der Waals surface area contributed by atoms with Crippen LogP contribution in [0.5, 0.6) is 0 Å². The van der Waals surface area contributed by atoms with E-state index in [2.05, 4.69) is 24.1 Å². The zero-order chi connectivity index (χ0) is 18.2. The second-order valence-electron chi connectivity index (χ2n) is 7.22. The zero-order valence-corrected chi connectivity index (χ0v) is 16.6. The smallest absolute Gasteiger partial charge is 0.129 e. The number of allylic oxidation sites excluding steroid dienone is 2. The Balaban J connectivity index is 1.87. The van der Waals surface area contributed by atoms with Crippen LogP contribution in [0.4, 0.5) is 0 Å². The first-order valence-electron chi connectivity index (χ1n) is 10.6. The standard InChI is InChI=1S/C22H40N2O/c1-3-4-5-6-7-8-9-10-11-12-13-14-15-16-17-18-22-23-19-20-24(22)21(2)25/h10-11,19-21,25H,3-9,12-18H2,1-2H3. The second-order valence-corrected chi connectivity index (χ2v) is 7.22. The fourth-order valence-corrected chi connectivity index (χ4v) is 3.23. The highest BCUT2D eigenvalue weighted by atomic mass is 16.3. The van der Waals surface area contributed by atoms with Crippen LogP contribution in [0.2, 0.25) is 0 Å². The highest BCUT2D eigenvalue weighted by Crippen LogP contribution is 2.12. The van der Waals surface area contributed by atoms with Gasteiger partial charge in [0, 0.05) is 18.8 Å². The third kappa shape index (κ3) is 11.2. The SMILES string of the molecule is CCCCCCCCC=CCCCCCCCc1nccn1C(C)O. The maximum Gasteiger partial charge on any atom is 0.129 e. The molecule has 1 rings (SSSR count). The third-order valence-electron chi connectivity index (χ3n) is 4.81. The summed E-state index contributed by atoms with van der Waals surface area (Å²) in [7, 11) is 0. The van der Waals surface area contributed by atoms with Crippen molar-refractivity contribution in [3.8, 4) is 0 Å². The molecule has 0 fully saturated rings. The average molecular weight is 349 g/mol. The van der Waals surface area contributed by atoms with E-state index in [9.17, 15) is 5.11 Å². The topological polar surface area (TPSA) is 38.0 Å². The molecule has 0 saturated heterocycles. The molecule has 0 radical (unpaired) electrons. The first kappa shape index (κ1) is 22.0. The molecule has 0 aliphatic carbocycles. The summed E-state index contributed by atoms with van der Waals surface area (Å²) >= 11 is 0. The predicted molar refractivity (Wildman–Crippen MR) is 108 cm³/mol. The minimum Gasteiger partial charge on any atom is -0.374 e. The van der Waals surface area contributed by atoms with E-state index in [4.69, 9.17) is 0 Å². The molecule has 1 atom stereocenters. The van der Waals surface area contributed by atoms with Crippen LogP contribution in [0.25, 0.3) is 0 Å². The van der Waals surface area contributed by atoms with Crippen molar-refractivity contribution in [3.63, 3.8) is 0 Å². The van der Waals surface area contributed by atoms with Crippen molar-refractivity contribution in [2.45, 2.75) is 110 Å². The van der Waals surface area contributed by atoms with Gasteiger partial charge in [0.25, 0.3) is 0 Å². The Morgan fingerprint density at radius 2 is 1.48 bits per heavy atom. The first-order chi connectivity index (χ1) is 12.3. The molecule has 0 aliphatic heterocycles. The van der Waals surface area contributed by atoms with Crippen molar-refractivity contribution in [2.75, 3.05) is 0 Å². The van der Waals surface area contributed by atoms with Gasteiger partial charge in [-0.1, -0.05) is 70.4 Å². The Labute approximate surface area is 155 Å². The molecule has 1 unspecified atom stereocenters. The molecule has 0 spiro atoms. The van der Waals surface area contributed by atoms with Crippen molar-refractivity contribution in [2.24, 2.45) is 0 Å². The second kappa shape index (κ2) is 15.2. The fourth-order valence-electron chi connectivity index (χ4n) is 3.23. The molecule has 0 amide bonds. The van der Waals surface area contributed by atoms with Crippen LogP contribution in [-0.4, -0.2) is 14.7 Å². The fraction of sp³-hybridized carbons (Fsp3) is 0.773. The van der Waals surface area contributed by atoms with Gasteiger partial charge in [-0.2, -0.15) is 0 Å². The lowest BCUT2D eigenvalue weighted by Gasteiger charge is -2.10. The molecule has 1 aromatic rings. The van der Waals surface area contributed by atoms with Gasteiger partial charge in [-0.05, 0) is 39.0 Å². The molecule has 25 heavy (non-hydrogen) atoms. The molecule has 1 N–H and O–H groups in total. The summed E-state index contributed by atoms with van der Waals surface area (Å²) < 4.78 is 1.86. The van der Waals surface area contributed by atoms with Crippen molar-refractivity contribution in [3.05, 3.63) is 30.4 Å². The number of aromatic nitrogens is 2. The van der Waals surface area contributed by atoms with E-state index < -0.39 is 6.23 Å². The molecule has 0 bridgehead atoms. The summed E-state index contributed by atoms with van der Waals surface area (Å²) in [6.07, 6.45) is 26.1. The predicted octanol–water partition coefficient (Wildman–Crippen LogP) is 6.58. The Morgan fingerprint density at radius 1 is 0.920 bits per heavy atom.